The second-order valence-corrected chi connectivity index (χ2v) is 6.25. The first kappa shape index (κ1) is 14.5. The molecule has 0 amide bonds. The van der Waals surface area contributed by atoms with Crippen molar-refractivity contribution < 1.29 is 0 Å². The highest BCUT2D eigenvalue weighted by Crippen LogP contribution is 2.36. The fraction of sp³-hybridized carbons (Fsp3) is 0.800. The van der Waals surface area contributed by atoms with Gasteiger partial charge < -0.3 is 10.6 Å². The number of hydrogen-bond acceptors (Lipinski definition) is 3. The summed E-state index contributed by atoms with van der Waals surface area (Å²) in [7, 11) is 4.23. The van der Waals surface area contributed by atoms with Gasteiger partial charge >= 0.3 is 0 Å². The fourth-order valence-electron chi connectivity index (χ4n) is 3.04. The van der Waals surface area contributed by atoms with Gasteiger partial charge in [-0.1, -0.05) is 13.8 Å². The van der Waals surface area contributed by atoms with Crippen LogP contribution in [0.25, 0.3) is 0 Å². The van der Waals surface area contributed by atoms with Crippen molar-refractivity contribution in [1.82, 2.24) is 14.7 Å². The Morgan fingerprint density at radius 3 is 2.74 bits per heavy atom. The molecule has 4 heteroatoms. The average Bonchev–Trinajstić information content (AvgIpc) is 2.75. The summed E-state index contributed by atoms with van der Waals surface area (Å²) in [6.07, 6.45) is 3.64. The lowest BCUT2D eigenvalue weighted by atomic mass is 9.83. The topological polar surface area (TPSA) is 47.1 Å². The predicted octanol–water partition coefficient (Wildman–Crippen LogP) is 1.95. The zero-order chi connectivity index (χ0) is 14.0. The molecular weight excluding hydrogens is 236 g/mol. The Kier molecular flexibility index (Phi) is 4.63. The van der Waals surface area contributed by atoms with Crippen molar-refractivity contribution >= 4 is 0 Å². The van der Waals surface area contributed by atoms with E-state index in [1.165, 1.54) is 36.2 Å². The molecule has 1 heterocycles. The van der Waals surface area contributed by atoms with E-state index in [0.717, 1.165) is 19.6 Å². The van der Waals surface area contributed by atoms with Gasteiger partial charge in [-0.3, -0.25) is 4.68 Å². The second-order valence-electron chi connectivity index (χ2n) is 6.25. The van der Waals surface area contributed by atoms with Crippen LogP contribution in [0.2, 0.25) is 0 Å². The SMILES string of the molecule is CC(C)c1nn(CCN(C)C)c2c1C(CN)CCC2. The molecule has 19 heavy (non-hydrogen) atoms. The van der Waals surface area contributed by atoms with Crippen LogP contribution >= 0.6 is 0 Å². The highest BCUT2D eigenvalue weighted by molar-refractivity contribution is 5.34. The molecule has 1 aromatic rings. The van der Waals surface area contributed by atoms with Crippen LogP contribution in [0.5, 0.6) is 0 Å². The highest BCUT2D eigenvalue weighted by Gasteiger charge is 2.28. The molecule has 4 nitrogen and oxygen atoms in total. The van der Waals surface area contributed by atoms with Gasteiger partial charge in [0.1, 0.15) is 0 Å². The number of fused-ring (bicyclic) bond motifs is 1. The molecule has 2 rings (SSSR count). The minimum atomic E-state index is 0.488. The van der Waals surface area contributed by atoms with Gasteiger partial charge in [-0.15, -0.1) is 0 Å². The highest BCUT2D eigenvalue weighted by atomic mass is 15.3. The molecule has 0 bridgehead atoms. The van der Waals surface area contributed by atoms with Crippen LogP contribution in [0, 0.1) is 0 Å². The van der Waals surface area contributed by atoms with Crippen LogP contribution in [-0.4, -0.2) is 41.9 Å². The Morgan fingerprint density at radius 1 is 1.42 bits per heavy atom. The summed E-state index contributed by atoms with van der Waals surface area (Å²) in [4.78, 5) is 2.21. The van der Waals surface area contributed by atoms with Crippen LogP contribution in [-0.2, 0) is 13.0 Å². The third-order valence-corrected chi connectivity index (χ3v) is 4.09. The monoisotopic (exact) mass is 264 g/mol. The third kappa shape index (κ3) is 3.00. The number of aromatic nitrogens is 2. The van der Waals surface area contributed by atoms with E-state index in [1.807, 2.05) is 0 Å². The number of hydrogen-bond donors (Lipinski definition) is 1. The van der Waals surface area contributed by atoms with E-state index in [2.05, 4.69) is 37.5 Å². The van der Waals surface area contributed by atoms with Crippen molar-refractivity contribution in [3.05, 3.63) is 17.0 Å². The van der Waals surface area contributed by atoms with E-state index >= 15 is 0 Å². The Morgan fingerprint density at radius 2 is 2.16 bits per heavy atom. The van der Waals surface area contributed by atoms with E-state index in [9.17, 15) is 0 Å². The summed E-state index contributed by atoms with van der Waals surface area (Å²) in [5.74, 6) is 1.01. The van der Waals surface area contributed by atoms with Gasteiger partial charge in [-0.25, -0.2) is 0 Å². The van der Waals surface area contributed by atoms with Gasteiger partial charge in [0.15, 0.2) is 0 Å². The standard InChI is InChI=1S/C15H28N4/c1-11(2)15-14-12(10-16)6-5-7-13(14)19(17-15)9-8-18(3)4/h11-12H,5-10,16H2,1-4H3. The zero-order valence-electron chi connectivity index (χ0n) is 12.8. The first-order valence-electron chi connectivity index (χ1n) is 7.48. The van der Waals surface area contributed by atoms with Crippen LogP contribution in [0.1, 0.15) is 55.5 Å². The summed E-state index contributed by atoms with van der Waals surface area (Å²) in [6, 6.07) is 0. The van der Waals surface area contributed by atoms with Crippen LogP contribution in [0.3, 0.4) is 0 Å². The van der Waals surface area contributed by atoms with Crippen LogP contribution in [0.4, 0.5) is 0 Å². The lowest BCUT2D eigenvalue weighted by Gasteiger charge is -2.23. The largest absolute Gasteiger partial charge is 0.330 e. The molecule has 0 aromatic carbocycles. The maximum absolute atomic E-state index is 5.97. The van der Waals surface area contributed by atoms with E-state index < -0.39 is 0 Å². The van der Waals surface area contributed by atoms with E-state index in [4.69, 9.17) is 10.8 Å². The fourth-order valence-corrected chi connectivity index (χ4v) is 3.04. The molecular formula is C15H28N4. The van der Waals surface area contributed by atoms with Gasteiger partial charge in [-0.2, -0.15) is 5.10 Å². The zero-order valence-corrected chi connectivity index (χ0v) is 12.8. The Hall–Kier alpha value is -0.870. The van der Waals surface area contributed by atoms with Gasteiger partial charge in [0.05, 0.1) is 12.2 Å². The summed E-state index contributed by atoms with van der Waals surface area (Å²) < 4.78 is 2.24. The molecule has 1 aliphatic carbocycles. The molecule has 0 fully saturated rings. The molecule has 108 valence electrons. The van der Waals surface area contributed by atoms with Crippen LogP contribution < -0.4 is 5.73 Å². The lowest BCUT2D eigenvalue weighted by molar-refractivity contribution is 0.366. The van der Waals surface area contributed by atoms with Crippen molar-refractivity contribution in [2.75, 3.05) is 27.2 Å². The summed E-state index contributed by atoms with van der Waals surface area (Å²) in [6.45, 7) is 7.26. The predicted molar refractivity (Wildman–Crippen MR) is 79.6 cm³/mol. The first-order chi connectivity index (χ1) is 9.04. The summed E-state index contributed by atoms with van der Waals surface area (Å²) in [5.41, 5.74) is 10.2. The molecule has 0 saturated carbocycles. The van der Waals surface area contributed by atoms with Crippen molar-refractivity contribution in [3.63, 3.8) is 0 Å². The molecule has 1 aromatic heterocycles. The van der Waals surface area contributed by atoms with Crippen molar-refractivity contribution in [3.8, 4) is 0 Å². The maximum atomic E-state index is 5.97. The van der Waals surface area contributed by atoms with Crippen molar-refractivity contribution in [1.29, 1.82) is 0 Å². The molecule has 1 atom stereocenters. The van der Waals surface area contributed by atoms with Crippen molar-refractivity contribution in [2.45, 2.75) is 51.5 Å². The van der Waals surface area contributed by atoms with Gasteiger partial charge in [0.2, 0.25) is 0 Å². The molecule has 1 aliphatic rings. The number of rotatable bonds is 5. The van der Waals surface area contributed by atoms with Gasteiger partial charge in [0.25, 0.3) is 0 Å². The summed E-state index contributed by atoms with van der Waals surface area (Å²) in [5, 5.41) is 4.90. The Labute approximate surface area is 117 Å². The molecule has 0 aliphatic heterocycles. The van der Waals surface area contributed by atoms with Gasteiger partial charge in [0, 0.05) is 17.8 Å². The molecule has 0 radical (unpaired) electrons. The molecule has 2 N–H and O–H groups in total. The normalized spacial score (nSPS) is 19.2. The molecule has 0 spiro atoms. The number of likely N-dealkylation sites (N-methyl/N-ethyl adjacent to an activating group) is 1. The quantitative estimate of drug-likeness (QED) is 0.884. The summed E-state index contributed by atoms with van der Waals surface area (Å²) >= 11 is 0. The minimum Gasteiger partial charge on any atom is -0.330 e. The second kappa shape index (κ2) is 6.06. The van der Waals surface area contributed by atoms with Gasteiger partial charge in [-0.05, 0) is 51.7 Å². The Bertz CT molecular complexity index is 420. The van der Waals surface area contributed by atoms with E-state index in [1.54, 1.807) is 0 Å². The minimum absolute atomic E-state index is 0.488. The third-order valence-electron chi connectivity index (χ3n) is 4.09. The molecule has 0 saturated heterocycles. The lowest BCUT2D eigenvalue weighted by Crippen LogP contribution is -2.23. The average molecular weight is 264 g/mol. The maximum Gasteiger partial charge on any atom is 0.0688 e. The number of nitrogens with zero attached hydrogens (tertiary/aromatic N) is 3. The Balaban J connectivity index is 2.35. The van der Waals surface area contributed by atoms with E-state index in [0.29, 0.717) is 11.8 Å². The van der Waals surface area contributed by atoms with E-state index in [-0.39, 0.29) is 0 Å². The van der Waals surface area contributed by atoms with Crippen molar-refractivity contribution in [2.24, 2.45) is 5.73 Å². The number of nitrogens with two attached hydrogens (primary N) is 1. The smallest absolute Gasteiger partial charge is 0.0688 e. The van der Waals surface area contributed by atoms with Crippen LogP contribution in [0.15, 0.2) is 0 Å². The molecule has 1 unspecified atom stereocenters. The first-order valence-corrected chi connectivity index (χ1v) is 7.48.